The first kappa shape index (κ1) is 17.4. The summed E-state index contributed by atoms with van der Waals surface area (Å²) in [5.41, 5.74) is 1.53. The Morgan fingerprint density at radius 1 is 1.15 bits per heavy atom. The summed E-state index contributed by atoms with van der Waals surface area (Å²) in [6.07, 6.45) is 2.15. The molecule has 136 valence electrons. The number of ketones is 1. The lowest BCUT2D eigenvalue weighted by Gasteiger charge is -2.44. The second-order valence-electron chi connectivity index (χ2n) is 7.15. The van der Waals surface area contributed by atoms with Gasteiger partial charge in [-0.1, -0.05) is 23.7 Å². The maximum absolute atomic E-state index is 12.6. The van der Waals surface area contributed by atoms with E-state index in [1.54, 1.807) is 25.3 Å². The van der Waals surface area contributed by atoms with Gasteiger partial charge < -0.3 is 9.47 Å². The Balaban J connectivity index is 1.42. The Morgan fingerprint density at radius 2 is 1.88 bits per heavy atom. The van der Waals surface area contributed by atoms with E-state index in [-0.39, 0.29) is 11.4 Å². The zero-order valence-corrected chi connectivity index (χ0v) is 15.6. The summed E-state index contributed by atoms with van der Waals surface area (Å²) in [6.45, 7) is 2.72. The quantitative estimate of drug-likeness (QED) is 0.804. The molecule has 1 fully saturated rings. The molecule has 4 nitrogen and oxygen atoms in total. The third-order valence-corrected chi connectivity index (χ3v) is 5.62. The predicted octanol–water partition coefficient (Wildman–Crippen LogP) is 4.35. The van der Waals surface area contributed by atoms with Gasteiger partial charge in [-0.25, -0.2) is 0 Å². The molecule has 0 atom stereocenters. The monoisotopic (exact) mass is 371 g/mol. The molecule has 2 heterocycles. The molecule has 4 rings (SSSR count). The fourth-order valence-electron chi connectivity index (χ4n) is 3.85. The van der Waals surface area contributed by atoms with E-state index < -0.39 is 0 Å². The minimum atomic E-state index is -0.384. The summed E-state index contributed by atoms with van der Waals surface area (Å²) >= 11 is 6.08. The van der Waals surface area contributed by atoms with Crippen LogP contribution in [0.15, 0.2) is 42.5 Å². The van der Waals surface area contributed by atoms with Crippen molar-refractivity contribution in [2.45, 2.75) is 31.4 Å². The molecule has 2 aromatic rings. The third-order valence-electron chi connectivity index (χ3n) is 5.39. The van der Waals surface area contributed by atoms with Crippen molar-refractivity contribution < 1.29 is 14.3 Å². The van der Waals surface area contributed by atoms with E-state index >= 15 is 0 Å². The van der Waals surface area contributed by atoms with Crippen LogP contribution in [0.4, 0.5) is 0 Å². The lowest BCUT2D eigenvalue weighted by molar-refractivity contribution is -0.0107. The van der Waals surface area contributed by atoms with Crippen LogP contribution >= 0.6 is 11.6 Å². The minimum Gasteiger partial charge on any atom is -0.497 e. The second kappa shape index (κ2) is 6.93. The van der Waals surface area contributed by atoms with E-state index in [9.17, 15) is 4.79 Å². The lowest BCUT2D eigenvalue weighted by atomic mass is 9.82. The summed E-state index contributed by atoms with van der Waals surface area (Å²) in [4.78, 5) is 15.0. The highest BCUT2D eigenvalue weighted by Gasteiger charge is 2.42. The molecule has 0 aromatic heterocycles. The first-order chi connectivity index (χ1) is 12.6. The van der Waals surface area contributed by atoms with Gasteiger partial charge in [-0.15, -0.1) is 0 Å². The van der Waals surface area contributed by atoms with Gasteiger partial charge in [0.25, 0.3) is 0 Å². The number of fused-ring (bicyclic) bond motifs is 1. The lowest BCUT2D eigenvalue weighted by Crippen LogP contribution is -2.50. The minimum absolute atomic E-state index is 0.159. The average molecular weight is 372 g/mol. The third kappa shape index (κ3) is 3.44. The maximum Gasteiger partial charge on any atom is 0.170 e. The van der Waals surface area contributed by atoms with Gasteiger partial charge in [-0.05, 0) is 35.9 Å². The summed E-state index contributed by atoms with van der Waals surface area (Å²) < 4.78 is 11.5. The Morgan fingerprint density at radius 3 is 2.58 bits per heavy atom. The fraction of sp³-hybridized carbons (Fsp3) is 0.381. The summed E-state index contributed by atoms with van der Waals surface area (Å²) in [5.74, 6) is 1.67. The second-order valence-corrected chi connectivity index (χ2v) is 7.59. The molecule has 0 aliphatic carbocycles. The van der Waals surface area contributed by atoms with E-state index in [4.69, 9.17) is 21.1 Å². The highest BCUT2D eigenvalue weighted by atomic mass is 35.5. The molecule has 0 unspecified atom stereocenters. The SMILES string of the molecule is COc1ccc(CN2CCC3(CC2)CC(=O)c2ccc(Cl)cc2O3)cc1. The summed E-state index contributed by atoms with van der Waals surface area (Å²) in [5, 5.41) is 0.602. The number of ether oxygens (including phenoxy) is 2. The van der Waals surface area contributed by atoms with Crippen molar-refractivity contribution in [1.82, 2.24) is 4.90 Å². The van der Waals surface area contributed by atoms with Gasteiger partial charge in [0, 0.05) is 37.5 Å². The maximum atomic E-state index is 12.6. The molecule has 0 saturated carbocycles. The van der Waals surface area contributed by atoms with Gasteiger partial charge >= 0.3 is 0 Å². The zero-order chi connectivity index (χ0) is 18.1. The Hall–Kier alpha value is -2.04. The van der Waals surface area contributed by atoms with Gasteiger partial charge in [0.15, 0.2) is 5.78 Å². The average Bonchev–Trinajstić information content (AvgIpc) is 2.64. The molecule has 0 bridgehead atoms. The highest BCUT2D eigenvalue weighted by molar-refractivity contribution is 6.30. The van der Waals surface area contributed by atoms with E-state index in [0.717, 1.165) is 38.2 Å². The van der Waals surface area contributed by atoms with Crippen molar-refractivity contribution in [2.24, 2.45) is 0 Å². The van der Waals surface area contributed by atoms with E-state index in [2.05, 4.69) is 17.0 Å². The molecular formula is C21H22ClNO3. The number of likely N-dealkylation sites (tertiary alicyclic amines) is 1. The molecule has 1 saturated heterocycles. The van der Waals surface area contributed by atoms with Crippen LogP contribution in [0.1, 0.15) is 35.2 Å². The van der Waals surface area contributed by atoms with Gasteiger partial charge in [0.05, 0.1) is 19.1 Å². The van der Waals surface area contributed by atoms with Crippen molar-refractivity contribution in [3.63, 3.8) is 0 Å². The van der Waals surface area contributed by atoms with Gasteiger partial charge in [0.1, 0.15) is 17.1 Å². The van der Waals surface area contributed by atoms with Crippen LogP contribution in [0.25, 0.3) is 0 Å². The normalized spacial score (nSPS) is 19.1. The number of nitrogens with zero attached hydrogens (tertiary/aromatic N) is 1. The Bertz CT molecular complexity index is 811. The highest BCUT2D eigenvalue weighted by Crippen LogP contribution is 2.40. The number of methoxy groups -OCH3 is 1. The van der Waals surface area contributed by atoms with Crippen LogP contribution in [-0.4, -0.2) is 36.5 Å². The Labute approximate surface area is 158 Å². The number of carbonyl (C=O) groups is 1. The van der Waals surface area contributed by atoms with Crippen LogP contribution in [-0.2, 0) is 6.54 Å². The molecule has 2 aromatic carbocycles. The number of Topliss-reactive ketones (excluding diaryl/α,β-unsaturated/α-hetero) is 1. The number of hydrogen-bond donors (Lipinski definition) is 0. The van der Waals surface area contributed by atoms with Crippen molar-refractivity contribution >= 4 is 17.4 Å². The molecule has 5 heteroatoms. The number of piperidine rings is 1. The smallest absolute Gasteiger partial charge is 0.170 e. The van der Waals surface area contributed by atoms with Crippen molar-refractivity contribution in [1.29, 1.82) is 0 Å². The first-order valence-corrected chi connectivity index (χ1v) is 9.32. The van der Waals surface area contributed by atoms with Gasteiger partial charge in [0.2, 0.25) is 0 Å². The van der Waals surface area contributed by atoms with Gasteiger partial charge in [-0.2, -0.15) is 0 Å². The van der Waals surface area contributed by atoms with E-state index in [1.165, 1.54) is 5.56 Å². The summed E-state index contributed by atoms with van der Waals surface area (Å²) in [6, 6.07) is 13.5. The molecule has 0 N–H and O–H groups in total. The standard InChI is InChI=1S/C21H22ClNO3/c1-25-17-5-2-15(3-6-17)14-23-10-8-21(9-11-23)13-19(24)18-7-4-16(22)12-20(18)26-21/h2-7,12H,8-11,13-14H2,1H3. The van der Waals surface area contributed by atoms with Crippen molar-refractivity contribution in [2.75, 3.05) is 20.2 Å². The number of halogens is 1. The number of benzene rings is 2. The molecule has 1 spiro atoms. The molecular weight excluding hydrogens is 350 g/mol. The van der Waals surface area contributed by atoms with E-state index in [1.807, 2.05) is 12.1 Å². The number of hydrogen-bond acceptors (Lipinski definition) is 4. The number of carbonyl (C=O) groups excluding carboxylic acids is 1. The Kier molecular flexibility index (Phi) is 4.63. The molecule has 2 aliphatic heterocycles. The molecule has 0 amide bonds. The van der Waals surface area contributed by atoms with Crippen molar-refractivity contribution in [3.8, 4) is 11.5 Å². The summed E-state index contributed by atoms with van der Waals surface area (Å²) in [7, 11) is 1.68. The topological polar surface area (TPSA) is 38.8 Å². The van der Waals surface area contributed by atoms with Crippen LogP contribution in [0.3, 0.4) is 0 Å². The van der Waals surface area contributed by atoms with Crippen molar-refractivity contribution in [3.05, 3.63) is 58.6 Å². The van der Waals surface area contributed by atoms with Crippen LogP contribution in [0.5, 0.6) is 11.5 Å². The predicted molar refractivity (Wildman–Crippen MR) is 101 cm³/mol. The van der Waals surface area contributed by atoms with Crippen LogP contribution < -0.4 is 9.47 Å². The number of rotatable bonds is 3. The largest absolute Gasteiger partial charge is 0.497 e. The van der Waals surface area contributed by atoms with Crippen LogP contribution in [0.2, 0.25) is 5.02 Å². The molecule has 2 aliphatic rings. The molecule has 0 radical (unpaired) electrons. The van der Waals surface area contributed by atoms with E-state index in [0.29, 0.717) is 22.8 Å². The molecule has 26 heavy (non-hydrogen) atoms. The van der Waals surface area contributed by atoms with Crippen LogP contribution in [0, 0.1) is 0 Å². The zero-order valence-electron chi connectivity index (χ0n) is 14.8. The fourth-order valence-corrected chi connectivity index (χ4v) is 4.02. The first-order valence-electron chi connectivity index (χ1n) is 8.94. The van der Waals surface area contributed by atoms with Gasteiger partial charge in [-0.3, -0.25) is 9.69 Å².